The molecule has 7 heteroatoms. The molecule has 0 aliphatic carbocycles. The zero-order valence-corrected chi connectivity index (χ0v) is 20.6. The molecular weight excluding hydrogens is 503 g/mol. The number of anilines is 1. The molecule has 4 N–H and O–H groups in total. The van der Waals surface area contributed by atoms with Crippen LogP contribution in [0.2, 0.25) is 0 Å². The number of carbonyl (C=O) groups is 1. The van der Waals surface area contributed by atoms with Gasteiger partial charge in [0.25, 0.3) is 5.91 Å². The van der Waals surface area contributed by atoms with Crippen LogP contribution in [0.1, 0.15) is 53.7 Å². The molecule has 31 heavy (non-hydrogen) atoms. The summed E-state index contributed by atoms with van der Waals surface area (Å²) < 4.78 is 5.56. The minimum Gasteiger partial charge on any atom is -0.376 e. The van der Waals surface area contributed by atoms with Crippen molar-refractivity contribution in [2.45, 2.75) is 52.2 Å². The van der Waals surface area contributed by atoms with E-state index in [-0.39, 0.29) is 36.0 Å². The lowest BCUT2D eigenvalue weighted by atomic mass is 10.0. The number of nitrogens with zero attached hydrogens (tertiary/aromatic N) is 1. The number of ether oxygens (including phenoxy) is 1. The third-order valence-electron chi connectivity index (χ3n) is 5.39. The monoisotopic (exact) mass is 536 g/mol. The molecule has 1 aliphatic heterocycles. The lowest BCUT2D eigenvalue weighted by Crippen LogP contribution is -2.31. The second-order valence-corrected chi connectivity index (χ2v) is 7.53. The van der Waals surface area contributed by atoms with Crippen LogP contribution in [0.4, 0.5) is 5.69 Å². The molecule has 1 atom stereocenters. The van der Waals surface area contributed by atoms with Gasteiger partial charge in [0.15, 0.2) is 5.96 Å². The van der Waals surface area contributed by atoms with Gasteiger partial charge < -0.3 is 21.1 Å². The maximum absolute atomic E-state index is 12.4. The number of guanidine groups is 1. The van der Waals surface area contributed by atoms with Crippen LogP contribution >= 0.6 is 24.0 Å². The lowest BCUT2D eigenvalue weighted by molar-refractivity contribution is 0.0857. The van der Waals surface area contributed by atoms with Crippen molar-refractivity contribution < 1.29 is 9.53 Å². The Morgan fingerprint density at radius 1 is 1.16 bits per heavy atom. The van der Waals surface area contributed by atoms with Gasteiger partial charge in [-0.25, -0.2) is 4.99 Å². The summed E-state index contributed by atoms with van der Waals surface area (Å²) in [6, 6.07) is 13.8. The average molecular weight is 536 g/mol. The molecule has 1 aliphatic rings. The van der Waals surface area contributed by atoms with Crippen molar-refractivity contribution in [2.75, 3.05) is 18.5 Å². The Bertz CT molecular complexity index is 873. The molecule has 1 amide bonds. The molecule has 2 aromatic rings. The summed E-state index contributed by atoms with van der Waals surface area (Å²) in [6.07, 6.45) is 4.04. The van der Waals surface area contributed by atoms with Gasteiger partial charge in [-0.05, 0) is 54.5 Å². The highest BCUT2D eigenvalue weighted by Crippen LogP contribution is 2.22. The number of halogens is 1. The van der Waals surface area contributed by atoms with Crippen LogP contribution in [0.25, 0.3) is 0 Å². The SMILES string of the molecule is CCc1cccc(CC)c1NC(N)=NCc1cccc(C(=O)NCC2CCCO2)c1.I. The van der Waals surface area contributed by atoms with Gasteiger partial charge in [0.1, 0.15) is 0 Å². The first-order chi connectivity index (χ1) is 14.6. The Morgan fingerprint density at radius 3 is 2.52 bits per heavy atom. The quantitative estimate of drug-likeness (QED) is 0.267. The van der Waals surface area contributed by atoms with E-state index in [0.717, 1.165) is 43.5 Å². The Kier molecular flexibility index (Phi) is 10.3. The van der Waals surface area contributed by atoms with Crippen LogP contribution in [0.15, 0.2) is 47.5 Å². The molecule has 1 fully saturated rings. The Hall–Kier alpha value is -2.13. The summed E-state index contributed by atoms with van der Waals surface area (Å²) in [7, 11) is 0. The third kappa shape index (κ3) is 7.21. The van der Waals surface area contributed by atoms with Crippen molar-refractivity contribution >= 4 is 41.5 Å². The molecule has 0 radical (unpaired) electrons. The van der Waals surface area contributed by atoms with Gasteiger partial charge in [0.05, 0.1) is 12.6 Å². The fourth-order valence-electron chi connectivity index (χ4n) is 3.67. The Labute approximate surface area is 202 Å². The van der Waals surface area contributed by atoms with Crippen LogP contribution in [-0.4, -0.2) is 31.1 Å². The number of aryl methyl sites for hydroxylation is 2. The molecule has 2 aromatic carbocycles. The average Bonchev–Trinajstić information content (AvgIpc) is 3.30. The molecule has 0 bridgehead atoms. The number of rotatable bonds is 8. The van der Waals surface area contributed by atoms with Crippen LogP contribution in [0.5, 0.6) is 0 Å². The summed E-state index contributed by atoms with van der Waals surface area (Å²) in [6.45, 7) is 5.99. The number of benzene rings is 2. The van der Waals surface area contributed by atoms with Crippen LogP contribution in [0, 0.1) is 0 Å². The van der Waals surface area contributed by atoms with Crippen molar-refractivity contribution in [2.24, 2.45) is 10.7 Å². The molecule has 1 heterocycles. The fraction of sp³-hybridized carbons (Fsp3) is 0.417. The molecule has 0 saturated carbocycles. The van der Waals surface area contributed by atoms with E-state index in [1.165, 1.54) is 11.1 Å². The van der Waals surface area contributed by atoms with Crippen molar-refractivity contribution in [3.05, 3.63) is 64.7 Å². The summed E-state index contributed by atoms with van der Waals surface area (Å²) in [5.41, 5.74) is 11.2. The summed E-state index contributed by atoms with van der Waals surface area (Å²) in [5.74, 6) is 0.283. The number of para-hydroxylation sites is 1. The normalized spacial score (nSPS) is 15.9. The summed E-state index contributed by atoms with van der Waals surface area (Å²) >= 11 is 0. The van der Waals surface area contributed by atoms with E-state index < -0.39 is 0 Å². The van der Waals surface area contributed by atoms with E-state index in [1.807, 2.05) is 24.3 Å². The number of hydrogen-bond donors (Lipinski definition) is 3. The highest BCUT2D eigenvalue weighted by molar-refractivity contribution is 14.0. The second kappa shape index (κ2) is 12.7. The van der Waals surface area contributed by atoms with Gasteiger partial charge in [-0.2, -0.15) is 0 Å². The predicted molar refractivity (Wildman–Crippen MR) is 137 cm³/mol. The van der Waals surface area contributed by atoms with E-state index in [4.69, 9.17) is 10.5 Å². The molecule has 0 spiro atoms. The van der Waals surface area contributed by atoms with Crippen molar-refractivity contribution in [3.8, 4) is 0 Å². The van der Waals surface area contributed by atoms with Gasteiger partial charge in [-0.3, -0.25) is 4.79 Å². The van der Waals surface area contributed by atoms with Crippen molar-refractivity contribution in [1.29, 1.82) is 0 Å². The Balaban J connectivity index is 0.00000341. The first kappa shape index (κ1) is 25.1. The highest BCUT2D eigenvalue weighted by Gasteiger charge is 2.16. The van der Waals surface area contributed by atoms with Gasteiger partial charge >= 0.3 is 0 Å². The number of hydrogen-bond acceptors (Lipinski definition) is 3. The largest absolute Gasteiger partial charge is 0.376 e. The Morgan fingerprint density at radius 2 is 1.87 bits per heavy atom. The molecule has 3 rings (SSSR count). The first-order valence-electron chi connectivity index (χ1n) is 10.8. The second-order valence-electron chi connectivity index (χ2n) is 7.53. The maximum atomic E-state index is 12.4. The molecule has 6 nitrogen and oxygen atoms in total. The van der Waals surface area contributed by atoms with Crippen molar-refractivity contribution in [1.82, 2.24) is 5.32 Å². The first-order valence-corrected chi connectivity index (χ1v) is 10.8. The zero-order chi connectivity index (χ0) is 21.3. The minimum atomic E-state index is -0.0908. The standard InChI is InChI=1S/C24H32N4O2.HI/c1-3-18-9-6-10-19(4-2)22(18)28-24(25)27-15-17-8-5-11-20(14-17)23(29)26-16-21-12-7-13-30-21;/h5-6,8-11,14,21H,3-4,7,12-13,15-16H2,1-2H3,(H,26,29)(H3,25,27,28);1H. The molecule has 168 valence electrons. The van der Waals surface area contributed by atoms with E-state index in [9.17, 15) is 4.79 Å². The van der Waals surface area contributed by atoms with E-state index in [0.29, 0.717) is 24.6 Å². The molecule has 1 saturated heterocycles. The smallest absolute Gasteiger partial charge is 0.251 e. The lowest BCUT2D eigenvalue weighted by Gasteiger charge is -2.15. The van der Waals surface area contributed by atoms with Crippen LogP contribution in [0.3, 0.4) is 0 Å². The van der Waals surface area contributed by atoms with E-state index in [2.05, 4.69) is 47.7 Å². The molecule has 1 unspecified atom stereocenters. The van der Waals surface area contributed by atoms with Gasteiger partial charge in [-0.15, -0.1) is 24.0 Å². The number of carbonyl (C=O) groups excluding carboxylic acids is 1. The van der Waals surface area contributed by atoms with Crippen molar-refractivity contribution in [3.63, 3.8) is 0 Å². The number of amides is 1. The van der Waals surface area contributed by atoms with Gasteiger partial charge in [0, 0.05) is 24.4 Å². The maximum Gasteiger partial charge on any atom is 0.251 e. The van der Waals surface area contributed by atoms with Crippen LogP contribution in [-0.2, 0) is 24.1 Å². The number of nitrogens with one attached hydrogen (secondary N) is 2. The summed E-state index contributed by atoms with van der Waals surface area (Å²) in [5, 5.41) is 6.23. The number of aliphatic imine (C=N–C) groups is 1. The highest BCUT2D eigenvalue weighted by atomic mass is 127. The zero-order valence-electron chi connectivity index (χ0n) is 18.3. The number of nitrogens with two attached hydrogens (primary N) is 1. The minimum absolute atomic E-state index is 0. The third-order valence-corrected chi connectivity index (χ3v) is 5.39. The molecular formula is C24H33IN4O2. The fourth-order valence-corrected chi connectivity index (χ4v) is 3.67. The van der Waals surface area contributed by atoms with Gasteiger partial charge in [0.2, 0.25) is 0 Å². The predicted octanol–water partition coefficient (Wildman–Crippen LogP) is 4.27. The van der Waals surface area contributed by atoms with Gasteiger partial charge in [-0.1, -0.05) is 44.2 Å². The topological polar surface area (TPSA) is 88.7 Å². The van der Waals surface area contributed by atoms with Crippen LogP contribution < -0.4 is 16.4 Å². The van der Waals surface area contributed by atoms with E-state index >= 15 is 0 Å². The molecule has 0 aromatic heterocycles. The van der Waals surface area contributed by atoms with E-state index in [1.54, 1.807) is 0 Å². The summed E-state index contributed by atoms with van der Waals surface area (Å²) in [4.78, 5) is 16.9.